The summed E-state index contributed by atoms with van der Waals surface area (Å²) in [7, 11) is 0. The Morgan fingerprint density at radius 3 is 2.73 bits per heavy atom. The zero-order valence-electron chi connectivity index (χ0n) is 12.1. The highest BCUT2D eigenvalue weighted by atomic mass is 35.5. The highest BCUT2D eigenvalue weighted by Gasteiger charge is 2.17. The number of morpholine rings is 1. The van der Waals surface area contributed by atoms with Crippen LogP contribution in [0, 0.1) is 0 Å². The van der Waals surface area contributed by atoms with Gasteiger partial charge in [0.15, 0.2) is 5.78 Å². The molecule has 0 amide bonds. The van der Waals surface area contributed by atoms with Crippen LogP contribution in [-0.2, 0) is 11.2 Å². The number of benzene rings is 1. The standard InChI is InChI=1S/C17H17ClN2O2/c18-14-4-2-13(3-5-14)16(21)9-12-1-6-15(20-10-12)17-11-19-7-8-22-17/h1-6,10,17,19H,7-9,11H2/t17-/m1/s1. The molecule has 1 aromatic carbocycles. The van der Waals surface area contributed by atoms with Gasteiger partial charge in [-0.25, -0.2) is 0 Å². The molecule has 1 fully saturated rings. The Morgan fingerprint density at radius 2 is 2.09 bits per heavy atom. The summed E-state index contributed by atoms with van der Waals surface area (Å²) in [6.07, 6.45) is 2.08. The molecule has 22 heavy (non-hydrogen) atoms. The van der Waals surface area contributed by atoms with Crippen LogP contribution in [-0.4, -0.2) is 30.5 Å². The average molecular weight is 317 g/mol. The number of carbonyl (C=O) groups is 1. The minimum atomic E-state index is -0.00485. The summed E-state index contributed by atoms with van der Waals surface area (Å²) in [5.74, 6) is 0.0572. The Bertz CT molecular complexity index is 635. The first-order valence-corrected chi connectivity index (χ1v) is 7.66. The molecule has 0 aliphatic carbocycles. The third-order valence-electron chi connectivity index (χ3n) is 3.64. The number of rotatable bonds is 4. The van der Waals surface area contributed by atoms with Gasteiger partial charge in [0.1, 0.15) is 6.10 Å². The lowest BCUT2D eigenvalue weighted by molar-refractivity contribution is 0.0250. The monoisotopic (exact) mass is 316 g/mol. The molecule has 1 aliphatic heterocycles. The summed E-state index contributed by atoms with van der Waals surface area (Å²) in [6.45, 7) is 2.35. The Labute approximate surface area is 134 Å². The van der Waals surface area contributed by atoms with E-state index in [-0.39, 0.29) is 11.9 Å². The second-order valence-corrected chi connectivity index (χ2v) is 5.70. The maximum atomic E-state index is 12.2. The molecule has 1 N–H and O–H groups in total. The number of aromatic nitrogens is 1. The Hall–Kier alpha value is -1.75. The lowest BCUT2D eigenvalue weighted by atomic mass is 10.0. The van der Waals surface area contributed by atoms with Crippen molar-refractivity contribution >= 4 is 17.4 Å². The molecule has 1 aromatic heterocycles. The third kappa shape index (κ3) is 3.71. The first-order valence-electron chi connectivity index (χ1n) is 7.28. The van der Waals surface area contributed by atoms with Crippen molar-refractivity contribution in [3.8, 4) is 0 Å². The fourth-order valence-electron chi connectivity index (χ4n) is 2.41. The van der Waals surface area contributed by atoms with Gasteiger partial charge in [0.05, 0.1) is 12.3 Å². The average Bonchev–Trinajstić information content (AvgIpc) is 2.57. The molecule has 5 heteroatoms. The molecule has 1 saturated heterocycles. The molecule has 0 bridgehead atoms. The van der Waals surface area contributed by atoms with Crippen LogP contribution in [0.1, 0.15) is 27.7 Å². The zero-order valence-corrected chi connectivity index (χ0v) is 12.8. The van der Waals surface area contributed by atoms with Gasteiger partial charge in [0, 0.05) is 36.3 Å². The molecule has 1 aliphatic rings. The quantitative estimate of drug-likeness (QED) is 0.881. The molecule has 3 rings (SSSR count). The van der Waals surface area contributed by atoms with Crippen LogP contribution in [0.3, 0.4) is 0 Å². The van der Waals surface area contributed by atoms with Crippen molar-refractivity contribution < 1.29 is 9.53 Å². The number of pyridine rings is 1. The van der Waals surface area contributed by atoms with E-state index in [4.69, 9.17) is 16.3 Å². The van der Waals surface area contributed by atoms with Crippen molar-refractivity contribution in [2.24, 2.45) is 0 Å². The number of halogens is 1. The first kappa shape index (κ1) is 15.2. The predicted octanol–water partition coefficient (Wildman–Crippen LogP) is 2.82. The van der Waals surface area contributed by atoms with Crippen LogP contribution in [0.25, 0.3) is 0 Å². The lowest BCUT2D eigenvalue weighted by Crippen LogP contribution is -2.33. The van der Waals surface area contributed by atoms with Crippen LogP contribution in [0.5, 0.6) is 0 Å². The van der Waals surface area contributed by atoms with Crippen molar-refractivity contribution in [2.75, 3.05) is 19.7 Å². The highest BCUT2D eigenvalue weighted by Crippen LogP contribution is 2.17. The zero-order chi connectivity index (χ0) is 15.4. The maximum Gasteiger partial charge on any atom is 0.167 e. The van der Waals surface area contributed by atoms with Gasteiger partial charge in [0.2, 0.25) is 0 Å². The van der Waals surface area contributed by atoms with E-state index >= 15 is 0 Å². The fraction of sp³-hybridized carbons (Fsp3) is 0.294. The van der Waals surface area contributed by atoms with Gasteiger partial charge in [-0.2, -0.15) is 0 Å². The number of hydrogen-bond acceptors (Lipinski definition) is 4. The number of nitrogens with zero attached hydrogens (tertiary/aromatic N) is 1. The fourth-order valence-corrected chi connectivity index (χ4v) is 2.54. The molecule has 114 valence electrons. The van der Waals surface area contributed by atoms with Crippen molar-refractivity contribution in [1.29, 1.82) is 0 Å². The van der Waals surface area contributed by atoms with Crippen LogP contribution in [0.4, 0.5) is 0 Å². The van der Waals surface area contributed by atoms with Crippen LogP contribution >= 0.6 is 11.6 Å². The smallest absolute Gasteiger partial charge is 0.167 e. The van der Waals surface area contributed by atoms with E-state index in [2.05, 4.69) is 10.3 Å². The van der Waals surface area contributed by atoms with E-state index in [1.807, 2.05) is 12.1 Å². The van der Waals surface area contributed by atoms with Gasteiger partial charge >= 0.3 is 0 Å². The van der Waals surface area contributed by atoms with Gasteiger partial charge in [-0.3, -0.25) is 9.78 Å². The van der Waals surface area contributed by atoms with E-state index in [1.165, 1.54) is 0 Å². The summed E-state index contributed by atoms with van der Waals surface area (Å²) in [5, 5.41) is 3.90. The van der Waals surface area contributed by atoms with Gasteiger partial charge in [0.25, 0.3) is 0 Å². The van der Waals surface area contributed by atoms with E-state index in [1.54, 1.807) is 30.5 Å². The Kier molecular flexibility index (Phi) is 4.83. The molecule has 1 atom stereocenters. The second-order valence-electron chi connectivity index (χ2n) is 5.26. The van der Waals surface area contributed by atoms with Crippen LogP contribution in [0.15, 0.2) is 42.6 Å². The number of ether oxygens (including phenoxy) is 1. The largest absolute Gasteiger partial charge is 0.369 e. The summed E-state index contributed by atoms with van der Waals surface area (Å²) >= 11 is 5.83. The number of ketones is 1. The van der Waals surface area contributed by atoms with Crippen LogP contribution in [0.2, 0.25) is 5.02 Å². The third-order valence-corrected chi connectivity index (χ3v) is 3.89. The number of hydrogen-bond donors (Lipinski definition) is 1. The van der Waals surface area contributed by atoms with Gasteiger partial charge in [-0.05, 0) is 35.9 Å². The van der Waals surface area contributed by atoms with Crippen molar-refractivity contribution in [3.63, 3.8) is 0 Å². The minimum absolute atomic E-state index is 0.00485. The van der Waals surface area contributed by atoms with E-state index < -0.39 is 0 Å². The molecule has 2 aromatic rings. The Morgan fingerprint density at radius 1 is 1.27 bits per heavy atom. The van der Waals surface area contributed by atoms with E-state index in [0.717, 1.165) is 24.3 Å². The summed E-state index contributed by atoms with van der Waals surface area (Å²) in [6, 6.07) is 10.8. The van der Waals surface area contributed by atoms with E-state index in [0.29, 0.717) is 23.6 Å². The molecule has 0 spiro atoms. The van der Waals surface area contributed by atoms with Crippen molar-refractivity contribution in [3.05, 3.63) is 64.4 Å². The van der Waals surface area contributed by atoms with Gasteiger partial charge in [-0.1, -0.05) is 17.7 Å². The maximum absolute atomic E-state index is 12.2. The number of nitrogens with one attached hydrogen (secondary N) is 1. The summed E-state index contributed by atoms with van der Waals surface area (Å²) in [5.41, 5.74) is 2.45. The molecular weight excluding hydrogens is 300 g/mol. The number of Topliss-reactive ketones (excluding diaryl/α,β-unsaturated/α-hetero) is 1. The van der Waals surface area contributed by atoms with Gasteiger partial charge in [-0.15, -0.1) is 0 Å². The van der Waals surface area contributed by atoms with E-state index in [9.17, 15) is 4.79 Å². The topological polar surface area (TPSA) is 51.2 Å². The molecule has 0 saturated carbocycles. The van der Waals surface area contributed by atoms with Gasteiger partial charge < -0.3 is 10.1 Å². The molecule has 0 radical (unpaired) electrons. The molecule has 2 heterocycles. The van der Waals surface area contributed by atoms with Crippen molar-refractivity contribution in [2.45, 2.75) is 12.5 Å². The van der Waals surface area contributed by atoms with Crippen molar-refractivity contribution in [1.82, 2.24) is 10.3 Å². The molecule has 4 nitrogen and oxygen atoms in total. The normalized spacial score (nSPS) is 18.1. The Balaban J connectivity index is 1.65. The minimum Gasteiger partial charge on any atom is -0.369 e. The molecule has 0 unspecified atom stereocenters. The summed E-state index contributed by atoms with van der Waals surface area (Å²) < 4.78 is 5.66. The summed E-state index contributed by atoms with van der Waals surface area (Å²) in [4.78, 5) is 16.6. The predicted molar refractivity (Wildman–Crippen MR) is 85.3 cm³/mol. The molecular formula is C17H17ClN2O2. The SMILES string of the molecule is O=C(Cc1ccc([C@H]2CNCCO2)nc1)c1ccc(Cl)cc1. The highest BCUT2D eigenvalue weighted by molar-refractivity contribution is 6.30. The lowest BCUT2D eigenvalue weighted by Gasteiger charge is -2.23. The first-order chi connectivity index (χ1) is 10.7. The number of carbonyl (C=O) groups excluding carboxylic acids is 1. The van der Waals surface area contributed by atoms with Crippen LogP contribution < -0.4 is 5.32 Å². The second kappa shape index (κ2) is 7.01.